The fraction of sp³-hybridized carbons (Fsp3) is 0.211. The van der Waals surface area contributed by atoms with Gasteiger partial charge in [0.25, 0.3) is 5.91 Å². The van der Waals surface area contributed by atoms with Gasteiger partial charge in [-0.25, -0.2) is 0 Å². The molecule has 0 unspecified atom stereocenters. The van der Waals surface area contributed by atoms with Gasteiger partial charge in [-0.2, -0.15) is 0 Å². The number of hydrogen-bond acceptors (Lipinski definition) is 4. The largest absolute Gasteiger partial charge is 0.486 e. The van der Waals surface area contributed by atoms with Crippen molar-refractivity contribution in [2.24, 2.45) is 0 Å². The third-order valence-electron chi connectivity index (χ3n) is 4.10. The first-order chi connectivity index (χ1) is 12.1. The molecule has 1 amide bonds. The zero-order valence-electron chi connectivity index (χ0n) is 13.6. The molecule has 2 aromatic carbocycles. The van der Waals surface area contributed by atoms with Gasteiger partial charge in [-0.05, 0) is 23.8 Å². The second-order valence-electron chi connectivity index (χ2n) is 5.88. The Morgan fingerprint density at radius 2 is 1.92 bits per heavy atom. The van der Waals surface area contributed by atoms with Crippen molar-refractivity contribution in [1.29, 1.82) is 0 Å². The van der Waals surface area contributed by atoms with Crippen LogP contribution in [0.15, 0.2) is 42.5 Å². The maximum atomic E-state index is 12.8. The third-order valence-corrected chi connectivity index (χ3v) is 5.77. The number of carbonyl (C=O) groups excluding carboxylic acids is 1. The molecule has 0 saturated heterocycles. The van der Waals surface area contributed by atoms with E-state index in [9.17, 15) is 4.79 Å². The van der Waals surface area contributed by atoms with E-state index in [1.165, 1.54) is 11.3 Å². The average molecular weight is 374 g/mol. The van der Waals surface area contributed by atoms with E-state index in [-0.39, 0.29) is 5.91 Å². The van der Waals surface area contributed by atoms with Crippen LogP contribution in [0.2, 0.25) is 5.02 Å². The number of nitrogens with zero attached hydrogens (tertiary/aromatic N) is 1. The molecule has 4 nitrogen and oxygen atoms in total. The number of hydrogen-bond donors (Lipinski definition) is 0. The maximum absolute atomic E-state index is 12.8. The SMILES string of the molecule is CN(Cc1ccc2c(c1)OCCO2)C(=O)c1sc2ccccc2c1Cl. The quantitative estimate of drug-likeness (QED) is 0.673. The van der Waals surface area contributed by atoms with Crippen LogP contribution in [0.5, 0.6) is 11.5 Å². The van der Waals surface area contributed by atoms with E-state index in [1.54, 1.807) is 11.9 Å². The summed E-state index contributed by atoms with van der Waals surface area (Å²) in [7, 11) is 1.78. The highest BCUT2D eigenvalue weighted by molar-refractivity contribution is 7.21. The first-order valence-electron chi connectivity index (χ1n) is 7.94. The lowest BCUT2D eigenvalue weighted by Gasteiger charge is -2.21. The summed E-state index contributed by atoms with van der Waals surface area (Å²) in [5.74, 6) is 1.39. The van der Waals surface area contributed by atoms with Crippen LogP contribution < -0.4 is 9.47 Å². The van der Waals surface area contributed by atoms with Crippen LogP contribution in [0.1, 0.15) is 15.2 Å². The predicted octanol–water partition coefficient (Wildman–Crippen LogP) is 4.60. The first kappa shape index (κ1) is 16.2. The summed E-state index contributed by atoms with van der Waals surface area (Å²) >= 11 is 7.85. The van der Waals surface area contributed by atoms with E-state index in [0.717, 1.165) is 27.1 Å². The minimum absolute atomic E-state index is 0.0823. The van der Waals surface area contributed by atoms with Crippen molar-refractivity contribution in [3.05, 3.63) is 57.9 Å². The van der Waals surface area contributed by atoms with Gasteiger partial charge in [0.15, 0.2) is 11.5 Å². The number of rotatable bonds is 3. The lowest BCUT2D eigenvalue weighted by molar-refractivity contribution is 0.0790. The van der Waals surface area contributed by atoms with Crippen molar-refractivity contribution in [2.75, 3.05) is 20.3 Å². The molecule has 25 heavy (non-hydrogen) atoms. The first-order valence-corrected chi connectivity index (χ1v) is 9.14. The van der Waals surface area contributed by atoms with Gasteiger partial charge in [0.1, 0.15) is 18.1 Å². The molecule has 0 spiro atoms. The van der Waals surface area contributed by atoms with Gasteiger partial charge in [-0.3, -0.25) is 4.79 Å². The fourth-order valence-corrected chi connectivity index (χ4v) is 4.36. The molecule has 0 saturated carbocycles. The highest BCUT2D eigenvalue weighted by Crippen LogP contribution is 2.36. The van der Waals surface area contributed by atoms with E-state index in [1.807, 2.05) is 42.5 Å². The smallest absolute Gasteiger partial charge is 0.265 e. The molecule has 1 aliphatic rings. The van der Waals surface area contributed by atoms with Crippen LogP contribution in [0.4, 0.5) is 0 Å². The normalized spacial score (nSPS) is 13.0. The molecule has 4 rings (SSSR count). The van der Waals surface area contributed by atoms with Crippen LogP contribution in [-0.2, 0) is 6.54 Å². The highest BCUT2D eigenvalue weighted by Gasteiger charge is 2.21. The Morgan fingerprint density at radius 1 is 1.16 bits per heavy atom. The zero-order chi connectivity index (χ0) is 17.4. The van der Waals surface area contributed by atoms with E-state index in [2.05, 4.69) is 0 Å². The average Bonchev–Trinajstić information content (AvgIpc) is 2.98. The summed E-state index contributed by atoms with van der Waals surface area (Å²) in [6, 6.07) is 13.5. The number of benzene rings is 2. The minimum atomic E-state index is -0.0823. The molecule has 0 fully saturated rings. The highest BCUT2D eigenvalue weighted by atomic mass is 35.5. The molecule has 1 aromatic heterocycles. The van der Waals surface area contributed by atoms with Gasteiger partial charge in [0.2, 0.25) is 0 Å². The van der Waals surface area contributed by atoms with Crippen molar-refractivity contribution >= 4 is 38.9 Å². The minimum Gasteiger partial charge on any atom is -0.486 e. The Labute approximate surface area is 154 Å². The van der Waals surface area contributed by atoms with Crippen molar-refractivity contribution in [3.63, 3.8) is 0 Å². The second-order valence-corrected chi connectivity index (χ2v) is 7.31. The summed E-state index contributed by atoms with van der Waals surface area (Å²) in [6.07, 6.45) is 0. The number of thiophene rings is 1. The van der Waals surface area contributed by atoms with E-state index in [4.69, 9.17) is 21.1 Å². The van der Waals surface area contributed by atoms with Crippen molar-refractivity contribution in [2.45, 2.75) is 6.54 Å². The van der Waals surface area contributed by atoms with Gasteiger partial charge in [-0.1, -0.05) is 35.9 Å². The third kappa shape index (κ3) is 3.05. The maximum Gasteiger partial charge on any atom is 0.265 e. The van der Waals surface area contributed by atoms with Crippen LogP contribution >= 0.6 is 22.9 Å². The summed E-state index contributed by atoms with van der Waals surface area (Å²) in [6.45, 7) is 1.58. The van der Waals surface area contributed by atoms with E-state index >= 15 is 0 Å². The number of fused-ring (bicyclic) bond motifs is 2. The predicted molar refractivity (Wildman–Crippen MR) is 100 cm³/mol. The molecule has 128 valence electrons. The van der Waals surface area contributed by atoms with E-state index in [0.29, 0.717) is 29.7 Å². The number of amides is 1. The van der Waals surface area contributed by atoms with Gasteiger partial charge >= 0.3 is 0 Å². The molecular weight excluding hydrogens is 358 g/mol. The van der Waals surface area contributed by atoms with Gasteiger partial charge in [-0.15, -0.1) is 11.3 Å². The molecule has 0 radical (unpaired) electrons. The van der Waals surface area contributed by atoms with E-state index < -0.39 is 0 Å². The number of carbonyl (C=O) groups is 1. The topological polar surface area (TPSA) is 38.8 Å². The zero-order valence-corrected chi connectivity index (χ0v) is 15.2. The lowest BCUT2D eigenvalue weighted by atomic mass is 10.2. The molecule has 3 aromatic rings. The Morgan fingerprint density at radius 3 is 2.72 bits per heavy atom. The summed E-state index contributed by atoms with van der Waals surface area (Å²) in [5.41, 5.74) is 0.984. The Hall–Kier alpha value is -2.24. The monoisotopic (exact) mass is 373 g/mol. The Balaban J connectivity index is 1.56. The molecule has 2 heterocycles. The van der Waals surface area contributed by atoms with Crippen LogP contribution in [0.3, 0.4) is 0 Å². The van der Waals surface area contributed by atoms with Crippen molar-refractivity contribution in [3.8, 4) is 11.5 Å². The summed E-state index contributed by atoms with van der Waals surface area (Å²) in [4.78, 5) is 15.1. The van der Waals surface area contributed by atoms with Gasteiger partial charge in [0, 0.05) is 23.7 Å². The molecule has 0 bridgehead atoms. The second kappa shape index (κ2) is 6.58. The number of halogens is 1. The molecule has 0 atom stereocenters. The van der Waals surface area contributed by atoms with Crippen molar-refractivity contribution in [1.82, 2.24) is 4.90 Å². The molecular formula is C19H16ClNO3S. The fourth-order valence-electron chi connectivity index (χ4n) is 2.86. The van der Waals surface area contributed by atoms with Gasteiger partial charge < -0.3 is 14.4 Å². The standard InChI is InChI=1S/C19H16ClNO3S/c1-21(11-12-6-7-14-15(10-12)24-9-8-23-14)19(22)18-17(20)13-4-2-3-5-16(13)25-18/h2-7,10H,8-9,11H2,1H3. The molecule has 1 aliphatic heterocycles. The molecule has 0 N–H and O–H groups in total. The van der Waals surface area contributed by atoms with Crippen LogP contribution in [0, 0.1) is 0 Å². The Bertz CT molecular complexity index is 953. The lowest BCUT2D eigenvalue weighted by Crippen LogP contribution is -2.25. The van der Waals surface area contributed by atoms with Gasteiger partial charge in [0.05, 0.1) is 5.02 Å². The molecule has 0 aliphatic carbocycles. The summed E-state index contributed by atoms with van der Waals surface area (Å²) in [5, 5.41) is 1.45. The summed E-state index contributed by atoms with van der Waals surface area (Å²) < 4.78 is 12.1. The Kier molecular flexibility index (Phi) is 4.27. The van der Waals surface area contributed by atoms with Crippen LogP contribution in [0.25, 0.3) is 10.1 Å². The van der Waals surface area contributed by atoms with Crippen LogP contribution in [-0.4, -0.2) is 31.1 Å². The molecule has 6 heteroatoms. The number of ether oxygens (including phenoxy) is 2. The van der Waals surface area contributed by atoms with Crippen molar-refractivity contribution < 1.29 is 14.3 Å².